The number of nitrogens with one attached hydrogen (secondary N) is 2. The van der Waals surface area contributed by atoms with Crippen molar-refractivity contribution < 1.29 is 37.0 Å². The molecule has 2 aromatic carbocycles. The van der Waals surface area contributed by atoms with Crippen LogP contribution in [0.25, 0.3) is 11.3 Å². The number of carbonyl (C=O) groups excluding carboxylic acids is 3. The van der Waals surface area contributed by atoms with Crippen LogP contribution in [0.4, 0.5) is 13.2 Å². The van der Waals surface area contributed by atoms with Crippen molar-refractivity contribution in [1.29, 1.82) is 0 Å². The minimum atomic E-state index is -5.22. The van der Waals surface area contributed by atoms with Gasteiger partial charge in [-0.25, -0.2) is 9.78 Å². The minimum absolute atomic E-state index is 0.00260. The first kappa shape index (κ1) is 34.1. The maximum atomic E-state index is 14.4. The molecule has 252 valence electrons. The molecule has 1 aliphatic heterocycles. The topological polar surface area (TPSA) is 115 Å². The number of amides is 2. The number of ether oxygens (including phenoxy) is 2. The lowest BCUT2D eigenvalue weighted by molar-refractivity contribution is -0.227. The predicted octanol–water partition coefficient (Wildman–Crippen LogP) is 4.32. The number of halogens is 3. The van der Waals surface area contributed by atoms with Crippen molar-refractivity contribution in [3.05, 3.63) is 78.2 Å². The van der Waals surface area contributed by atoms with Crippen LogP contribution in [0.5, 0.6) is 0 Å². The second-order valence-corrected chi connectivity index (χ2v) is 12.0. The summed E-state index contributed by atoms with van der Waals surface area (Å²) in [5.41, 5.74) is 0.631. The Kier molecular flexibility index (Phi) is 11.0. The highest BCUT2D eigenvalue weighted by molar-refractivity contribution is 5.98. The van der Waals surface area contributed by atoms with Crippen LogP contribution in [-0.4, -0.2) is 89.4 Å². The molecule has 5 rings (SSSR count). The molecule has 0 bridgehead atoms. The number of alkyl halides is 3. The molecular formula is C34H40F3N5O5. The molecule has 47 heavy (non-hydrogen) atoms. The minimum Gasteiger partial charge on any atom is -0.448 e. The molecule has 2 N–H and O–H groups in total. The number of nitrogens with zero attached hydrogens (tertiary/aromatic N) is 3. The predicted molar refractivity (Wildman–Crippen MR) is 167 cm³/mol. The Balaban J connectivity index is 1.53. The zero-order chi connectivity index (χ0) is 33.4. The summed E-state index contributed by atoms with van der Waals surface area (Å²) < 4.78 is 53.8. The largest absolute Gasteiger partial charge is 0.490 e. The fourth-order valence-electron chi connectivity index (χ4n) is 6.56. The van der Waals surface area contributed by atoms with Crippen LogP contribution in [0.3, 0.4) is 0 Å². The first-order valence-electron chi connectivity index (χ1n) is 15.9. The standard InChI is InChI=1S/C34H40F3N5O5/c1-24(43)39-17-19-46-22-33(47-32(45)34(35,36)37)15-9-8-14-28(33)42-23-40-29(30(42)26-12-6-3-7-13-26)31(44)41-18-16-38-21-27(41)20-25-10-4-2-5-11-25/h2-7,10-13,23,27-28,38H,8-9,14-22H2,1H3,(H,39,43)/t27-,28-,33-/m1/s1. The number of carbonyl (C=O) groups is 3. The number of hydrogen-bond donors (Lipinski definition) is 2. The number of aromatic nitrogens is 2. The van der Waals surface area contributed by atoms with Gasteiger partial charge < -0.3 is 29.6 Å². The van der Waals surface area contributed by atoms with Gasteiger partial charge in [0.05, 0.1) is 31.3 Å². The fraction of sp³-hybridized carbons (Fsp3) is 0.471. The maximum absolute atomic E-state index is 14.4. The molecule has 1 aliphatic carbocycles. The molecule has 2 fully saturated rings. The Morgan fingerprint density at radius 1 is 1.06 bits per heavy atom. The third-order valence-electron chi connectivity index (χ3n) is 8.73. The summed E-state index contributed by atoms with van der Waals surface area (Å²) in [6.07, 6.45) is -1.52. The van der Waals surface area contributed by atoms with Crippen LogP contribution < -0.4 is 10.6 Å². The van der Waals surface area contributed by atoms with Gasteiger partial charge >= 0.3 is 12.1 Å². The smallest absolute Gasteiger partial charge is 0.448 e. The lowest BCUT2D eigenvalue weighted by Crippen LogP contribution is -2.54. The number of benzene rings is 2. The van der Waals surface area contributed by atoms with Gasteiger partial charge in [-0.05, 0) is 31.2 Å². The van der Waals surface area contributed by atoms with E-state index < -0.39 is 23.8 Å². The van der Waals surface area contributed by atoms with Crippen molar-refractivity contribution in [3.8, 4) is 11.3 Å². The van der Waals surface area contributed by atoms with E-state index in [0.717, 1.165) is 5.56 Å². The van der Waals surface area contributed by atoms with Gasteiger partial charge in [0, 0.05) is 44.7 Å². The van der Waals surface area contributed by atoms with Crippen molar-refractivity contribution in [2.24, 2.45) is 0 Å². The summed E-state index contributed by atoms with van der Waals surface area (Å²) >= 11 is 0. The van der Waals surface area contributed by atoms with E-state index >= 15 is 0 Å². The van der Waals surface area contributed by atoms with E-state index in [4.69, 9.17) is 9.47 Å². The summed E-state index contributed by atoms with van der Waals surface area (Å²) in [4.78, 5) is 44.5. The van der Waals surface area contributed by atoms with Crippen molar-refractivity contribution >= 4 is 17.8 Å². The molecule has 0 radical (unpaired) electrons. The lowest BCUT2D eigenvalue weighted by Gasteiger charge is -2.44. The van der Waals surface area contributed by atoms with Gasteiger partial charge in [-0.3, -0.25) is 9.59 Å². The molecule has 10 nitrogen and oxygen atoms in total. The molecule has 1 saturated carbocycles. The third-order valence-corrected chi connectivity index (χ3v) is 8.73. The molecule has 1 saturated heterocycles. The fourth-order valence-corrected chi connectivity index (χ4v) is 6.56. The van der Waals surface area contributed by atoms with E-state index in [1.54, 1.807) is 4.57 Å². The third kappa shape index (κ3) is 8.20. The molecule has 2 heterocycles. The molecular weight excluding hydrogens is 615 g/mol. The summed E-state index contributed by atoms with van der Waals surface area (Å²) in [7, 11) is 0. The lowest BCUT2D eigenvalue weighted by atomic mass is 9.80. The Hall–Kier alpha value is -4.23. The van der Waals surface area contributed by atoms with Crippen molar-refractivity contribution in [2.45, 2.75) is 62.9 Å². The van der Waals surface area contributed by atoms with Gasteiger partial charge in [0.15, 0.2) is 11.3 Å². The summed E-state index contributed by atoms with van der Waals surface area (Å²) in [5, 5.41) is 5.96. The van der Waals surface area contributed by atoms with E-state index in [0.29, 0.717) is 56.6 Å². The van der Waals surface area contributed by atoms with Gasteiger partial charge in [0.25, 0.3) is 5.91 Å². The molecule has 2 aliphatic rings. The number of hydrogen-bond acceptors (Lipinski definition) is 7. The van der Waals surface area contributed by atoms with Crippen molar-refractivity contribution in [1.82, 2.24) is 25.1 Å². The Bertz CT molecular complexity index is 1520. The van der Waals surface area contributed by atoms with Crippen LogP contribution in [0.15, 0.2) is 67.0 Å². The summed E-state index contributed by atoms with van der Waals surface area (Å²) in [5.74, 6) is -2.87. The van der Waals surface area contributed by atoms with Crippen molar-refractivity contribution in [3.63, 3.8) is 0 Å². The van der Waals surface area contributed by atoms with E-state index in [2.05, 4.69) is 15.6 Å². The highest BCUT2D eigenvalue weighted by Gasteiger charge is 2.52. The number of rotatable bonds is 11. The first-order valence-corrected chi connectivity index (χ1v) is 15.9. The molecule has 2 amide bonds. The molecule has 1 aromatic heterocycles. The van der Waals surface area contributed by atoms with Crippen LogP contribution in [0, 0.1) is 0 Å². The molecule has 3 aromatic rings. The molecule has 0 spiro atoms. The van der Waals surface area contributed by atoms with Crippen LogP contribution in [0.1, 0.15) is 54.7 Å². The van der Waals surface area contributed by atoms with E-state index in [-0.39, 0.29) is 49.7 Å². The molecule has 13 heteroatoms. The first-order chi connectivity index (χ1) is 22.6. The van der Waals surface area contributed by atoms with E-state index in [1.807, 2.05) is 65.6 Å². The van der Waals surface area contributed by atoms with Gasteiger partial charge in [0.1, 0.15) is 0 Å². The average Bonchev–Trinajstić information content (AvgIpc) is 3.50. The zero-order valence-electron chi connectivity index (χ0n) is 26.3. The Morgan fingerprint density at radius 2 is 1.79 bits per heavy atom. The quantitative estimate of drug-likeness (QED) is 0.234. The number of esters is 1. The molecule has 0 unspecified atom stereocenters. The molecule has 3 atom stereocenters. The van der Waals surface area contributed by atoms with Crippen LogP contribution >= 0.6 is 0 Å². The summed E-state index contributed by atoms with van der Waals surface area (Å²) in [6, 6.07) is 18.0. The highest BCUT2D eigenvalue weighted by atomic mass is 19.4. The van der Waals surface area contributed by atoms with E-state index in [9.17, 15) is 27.6 Å². The van der Waals surface area contributed by atoms with Crippen LogP contribution in [-0.2, 0) is 25.5 Å². The monoisotopic (exact) mass is 655 g/mol. The zero-order valence-corrected chi connectivity index (χ0v) is 26.3. The van der Waals surface area contributed by atoms with Crippen molar-refractivity contribution in [2.75, 3.05) is 39.4 Å². The normalized spacial score (nSPS) is 21.7. The van der Waals surface area contributed by atoms with Gasteiger partial charge in [-0.2, -0.15) is 13.2 Å². The Morgan fingerprint density at radius 3 is 2.49 bits per heavy atom. The second kappa shape index (κ2) is 15.1. The van der Waals surface area contributed by atoms with Gasteiger partial charge in [-0.1, -0.05) is 67.1 Å². The van der Waals surface area contributed by atoms with Crippen LogP contribution in [0.2, 0.25) is 0 Å². The second-order valence-electron chi connectivity index (χ2n) is 12.0. The van der Waals surface area contributed by atoms with Gasteiger partial charge in [-0.15, -0.1) is 0 Å². The number of piperazine rings is 1. The van der Waals surface area contributed by atoms with Gasteiger partial charge in [0.2, 0.25) is 5.91 Å². The average molecular weight is 656 g/mol. The highest BCUT2D eigenvalue weighted by Crippen LogP contribution is 2.44. The Labute approximate surface area is 271 Å². The maximum Gasteiger partial charge on any atom is 0.490 e. The summed E-state index contributed by atoms with van der Waals surface area (Å²) in [6.45, 7) is 2.79. The SMILES string of the molecule is CC(=O)NCCOC[C@]1(OC(=O)C(F)(F)F)CCCC[C@H]1n1cnc(C(=O)N2CCNC[C@H]2Cc2ccccc2)c1-c1ccccc1. The van der Waals surface area contributed by atoms with E-state index in [1.165, 1.54) is 13.3 Å². The number of imidazole rings is 1.